The summed E-state index contributed by atoms with van der Waals surface area (Å²) in [5.74, 6) is 0.534. The first-order valence-corrected chi connectivity index (χ1v) is 8.82. The van der Waals surface area contributed by atoms with Crippen molar-refractivity contribution < 1.29 is 13.9 Å². The summed E-state index contributed by atoms with van der Waals surface area (Å²) in [5, 5.41) is 2.97. The molecule has 2 aromatic carbocycles. The highest BCUT2D eigenvalue weighted by Crippen LogP contribution is 2.18. The number of para-hydroxylation sites is 1. The Morgan fingerprint density at radius 3 is 2.62 bits per heavy atom. The van der Waals surface area contributed by atoms with Crippen molar-refractivity contribution in [2.75, 3.05) is 38.2 Å². The SMILES string of the molecule is COc1ccccc1CNC(=O)N1CCCN(c2ccc(F)cc2)CC1. The Labute approximate surface area is 153 Å². The van der Waals surface area contributed by atoms with Gasteiger partial charge in [-0.3, -0.25) is 0 Å². The number of carbonyl (C=O) groups is 1. The third-order valence-corrected chi connectivity index (χ3v) is 4.60. The molecule has 6 heteroatoms. The summed E-state index contributed by atoms with van der Waals surface area (Å²) in [4.78, 5) is 16.5. The Morgan fingerprint density at radius 2 is 1.85 bits per heavy atom. The molecule has 0 radical (unpaired) electrons. The molecule has 0 aliphatic carbocycles. The van der Waals surface area contributed by atoms with Gasteiger partial charge >= 0.3 is 6.03 Å². The zero-order valence-electron chi connectivity index (χ0n) is 15.0. The van der Waals surface area contributed by atoms with Crippen LogP contribution in [0.5, 0.6) is 5.75 Å². The van der Waals surface area contributed by atoms with E-state index in [0.29, 0.717) is 19.6 Å². The zero-order chi connectivity index (χ0) is 18.4. The molecule has 0 aromatic heterocycles. The van der Waals surface area contributed by atoms with E-state index in [0.717, 1.165) is 36.5 Å². The summed E-state index contributed by atoms with van der Waals surface area (Å²) in [7, 11) is 1.62. The van der Waals surface area contributed by atoms with Crippen LogP contribution < -0.4 is 15.0 Å². The number of amides is 2. The number of nitrogens with one attached hydrogen (secondary N) is 1. The van der Waals surface area contributed by atoms with E-state index < -0.39 is 0 Å². The molecule has 1 aliphatic rings. The van der Waals surface area contributed by atoms with E-state index in [9.17, 15) is 9.18 Å². The Bertz CT molecular complexity index is 736. The quantitative estimate of drug-likeness (QED) is 0.914. The average molecular weight is 357 g/mol. The summed E-state index contributed by atoms with van der Waals surface area (Å²) >= 11 is 0. The lowest BCUT2D eigenvalue weighted by Gasteiger charge is -2.24. The van der Waals surface area contributed by atoms with Gasteiger partial charge in [-0.25, -0.2) is 9.18 Å². The fourth-order valence-electron chi connectivity index (χ4n) is 3.16. The third-order valence-electron chi connectivity index (χ3n) is 4.60. The molecule has 0 saturated carbocycles. The van der Waals surface area contributed by atoms with E-state index in [1.807, 2.05) is 29.2 Å². The predicted octanol–water partition coefficient (Wildman–Crippen LogP) is 3.26. The highest BCUT2D eigenvalue weighted by molar-refractivity contribution is 5.74. The van der Waals surface area contributed by atoms with Gasteiger partial charge in [0.2, 0.25) is 0 Å². The number of methoxy groups -OCH3 is 1. The lowest BCUT2D eigenvalue weighted by molar-refractivity contribution is 0.201. The fraction of sp³-hybridized carbons (Fsp3) is 0.350. The van der Waals surface area contributed by atoms with Gasteiger partial charge in [-0.15, -0.1) is 0 Å². The minimum atomic E-state index is -0.235. The molecule has 1 aliphatic heterocycles. The number of carbonyl (C=O) groups excluding carboxylic acids is 1. The zero-order valence-corrected chi connectivity index (χ0v) is 15.0. The second-order valence-electron chi connectivity index (χ2n) is 6.27. The van der Waals surface area contributed by atoms with Crippen molar-refractivity contribution in [3.63, 3.8) is 0 Å². The summed E-state index contributed by atoms with van der Waals surface area (Å²) in [6, 6.07) is 14.1. The minimum absolute atomic E-state index is 0.0723. The van der Waals surface area contributed by atoms with Crippen molar-refractivity contribution in [1.82, 2.24) is 10.2 Å². The van der Waals surface area contributed by atoms with Gasteiger partial charge < -0.3 is 19.9 Å². The summed E-state index contributed by atoms with van der Waals surface area (Å²) in [6.45, 7) is 3.35. The van der Waals surface area contributed by atoms with Crippen molar-refractivity contribution >= 4 is 11.7 Å². The van der Waals surface area contributed by atoms with Crippen LogP contribution in [-0.4, -0.2) is 44.2 Å². The molecule has 0 unspecified atom stereocenters. The van der Waals surface area contributed by atoms with Gasteiger partial charge in [0.1, 0.15) is 11.6 Å². The van der Waals surface area contributed by atoms with Gasteiger partial charge in [-0.1, -0.05) is 18.2 Å². The molecule has 1 fully saturated rings. The standard InChI is InChI=1S/C20H24FN3O2/c1-26-19-6-3-2-5-16(19)15-22-20(25)24-12-4-11-23(13-14-24)18-9-7-17(21)8-10-18/h2-3,5-10H,4,11-15H2,1H3,(H,22,25). The maximum atomic E-state index is 13.1. The Hall–Kier alpha value is -2.76. The van der Waals surface area contributed by atoms with Crippen LogP contribution in [0, 0.1) is 5.82 Å². The van der Waals surface area contributed by atoms with Crippen LogP contribution in [0.25, 0.3) is 0 Å². The topological polar surface area (TPSA) is 44.8 Å². The molecule has 2 aromatic rings. The molecular weight excluding hydrogens is 333 g/mol. The fourth-order valence-corrected chi connectivity index (χ4v) is 3.16. The van der Waals surface area contributed by atoms with E-state index in [1.54, 1.807) is 19.2 Å². The number of hydrogen-bond acceptors (Lipinski definition) is 3. The van der Waals surface area contributed by atoms with Gasteiger partial charge in [0.25, 0.3) is 0 Å². The smallest absolute Gasteiger partial charge is 0.317 e. The molecule has 5 nitrogen and oxygen atoms in total. The van der Waals surface area contributed by atoms with Gasteiger partial charge in [0.15, 0.2) is 0 Å². The molecule has 2 amide bonds. The summed E-state index contributed by atoms with van der Waals surface area (Å²) < 4.78 is 18.4. The first-order chi connectivity index (χ1) is 12.7. The van der Waals surface area contributed by atoms with Crippen LogP contribution in [0.3, 0.4) is 0 Å². The van der Waals surface area contributed by atoms with Crippen LogP contribution in [-0.2, 0) is 6.54 Å². The molecule has 0 atom stereocenters. The van der Waals surface area contributed by atoms with Crippen molar-refractivity contribution in [3.8, 4) is 5.75 Å². The number of rotatable bonds is 4. The van der Waals surface area contributed by atoms with Crippen molar-refractivity contribution in [1.29, 1.82) is 0 Å². The number of anilines is 1. The molecular formula is C20H24FN3O2. The number of hydrogen-bond donors (Lipinski definition) is 1. The molecule has 26 heavy (non-hydrogen) atoms. The van der Waals surface area contributed by atoms with E-state index >= 15 is 0 Å². The Balaban J connectivity index is 1.55. The lowest BCUT2D eigenvalue weighted by atomic mass is 10.2. The van der Waals surface area contributed by atoms with E-state index in [2.05, 4.69) is 10.2 Å². The number of nitrogens with zero attached hydrogens (tertiary/aromatic N) is 2. The second kappa shape index (κ2) is 8.56. The normalized spacial score (nSPS) is 14.7. The third kappa shape index (κ3) is 4.45. The first kappa shape index (κ1) is 18.0. The summed E-state index contributed by atoms with van der Waals surface area (Å²) in [6.07, 6.45) is 0.874. The average Bonchev–Trinajstić information content (AvgIpc) is 2.93. The number of halogens is 1. The van der Waals surface area contributed by atoms with Crippen molar-refractivity contribution in [2.45, 2.75) is 13.0 Å². The van der Waals surface area contributed by atoms with Crippen molar-refractivity contribution in [2.24, 2.45) is 0 Å². The molecule has 3 rings (SSSR count). The highest BCUT2D eigenvalue weighted by atomic mass is 19.1. The summed E-state index contributed by atoms with van der Waals surface area (Å²) in [5.41, 5.74) is 1.94. The molecule has 138 valence electrons. The predicted molar refractivity (Wildman–Crippen MR) is 100 cm³/mol. The minimum Gasteiger partial charge on any atom is -0.496 e. The Morgan fingerprint density at radius 1 is 1.08 bits per heavy atom. The maximum absolute atomic E-state index is 13.1. The molecule has 1 N–H and O–H groups in total. The first-order valence-electron chi connectivity index (χ1n) is 8.82. The second-order valence-corrected chi connectivity index (χ2v) is 6.27. The number of benzene rings is 2. The van der Waals surface area contributed by atoms with E-state index in [4.69, 9.17) is 4.74 Å². The molecule has 0 spiro atoms. The van der Waals surface area contributed by atoms with Crippen LogP contribution in [0.15, 0.2) is 48.5 Å². The number of urea groups is 1. The van der Waals surface area contributed by atoms with Gasteiger partial charge in [-0.05, 0) is 36.8 Å². The lowest BCUT2D eigenvalue weighted by Crippen LogP contribution is -2.41. The van der Waals surface area contributed by atoms with Crippen LogP contribution >= 0.6 is 0 Å². The van der Waals surface area contributed by atoms with Gasteiger partial charge in [0, 0.05) is 44.0 Å². The Kier molecular flexibility index (Phi) is 5.94. The number of ether oxygens (including phenoxy) is 1. The van der Waals surface area contributed by atoms with E-state index in [-0.39, 0.29) is 11.8 Å². The van der Waals surface area contributed by atoms with Crippen LogP contribution in [0.2, 0.25) is 0 Å². The van der Waals surface area contributed by atoms with Crippen LogP contribution in [0.4, 0.5) is 14.9 Å². The van der Waals surface area contributed by atoms with Crippen LogP contribution in [0.1, 0.15) is 12.0 Å². The largest absolute Gasteiger partial charge is 0.496 e. The maximum Gasteiger partial charge on any atom is 0.317 e. The monoisotopic (exact) mass is 357 g/mol. The molecule has 1 saturated heterocycles. The van der Waals surface area contributed by atoms with Gasteiger partial charge in [-0.2, -0.15) is 0 Å². The van der Waals surface area contributed by atoms with E-state index in [1.165, 1.54) is 12.1 Å². The molecule has 1 heterocycles. The van der Waals surface area contributed by atoms with Crippen molar-refractivity contribution in [3.05, 3.63) is 59.9 Å². The molecule has 0 bridgehead atoms. The van der Waals surface area contributed by atoms with Gasteiger partial charge in [0.05, 0.1) is 7.11 Å². The highest BCUT2D eigenvalue weighted by Gasteiger charge is 2.19.